The maximum Gasteiger partial charge on any atom is 0.176 e. The summed E-state index contributed by atoms with van der Waals surface area (Å²) in [6.07, 6.45) is 2.49. The summed E-state index contributed by atoms with van der Waals surface area (Å²) < 4.78 is 0. The SMILES string of the molecule is Cc1cc(C)c(C(=O)C(C)C2CC2)s1. The van der Waals surface area contributed by atoms with Gasteiger partial charge in [0.05, 0.1) is 4.88 Å². The monoisotopic (exact) mass is 208 g/mol. The zero-order valence-corrected chi connectivity index (χ0v) is 9.78. The molecule has 14 heavy (non-hydrogen) atoms. The van der Waals surface area contributed by atoms with Crippen LogP contribution in [0, 0.1) is 25.7 Å². The quantitative estimate of drug-likeness (QED) is 0.694. The van der Waals surface area contributed by atoms with Crippen LogP contribution in [0.25, 0.3) is 0 Å². The van der Waals surface area contributed by atoms with Crippen molar-refractivity contribution in [3.05, 3.63) is 21.4 Å². The molecule has 1 fully saturated rings. The number of hydrogen-bond acceptors (Lipinski definition) is 2. The molecule has 76 valence electrons. The molecule has 1 unspecified atom stereocenters. The molecule has 0 amide bonds. The molecule has 1 aromatic rings. The Hall–Kier alpha value is -0.630. The first-order valence-corrected chi connectivity index (χ1v) is 6.02. The summed E-state index contributed by atoms with van der Waals surface area (Å²) in [6.45, 7) is 6.18. The highest BCUT2D eigenvalue weighted by atomic mass is 32.1. The van der Waals surface area contributed by atoms with Gasteiger partial charge in [0.15, 0.2) is 5.78 Å². The van der Waals surface area contributed by atoms with Gasteiger partial charge >= 0.3 is 0 Å². The maximum absolute atomic E-state index is 12.1. The lowest BCUT2D eigenvalue weighted by Crippen LogP contribution is -2.12. The van der Waals surface area contributed by atoms with E-state index in [2.05, 4.69) is 19.9 Å². The van der Waals surface area contributed by atoms with Crippen LogP contribution in [0.2, 0.25) is 0 Å². The molecule has 0 aromatic carbocycles. The summed E-state index contributed by atoms with van der Waals surface area (Å²) >= 11 is 1.65. The number of carbonyl (C=O) groups is 1. The summed E-state index contributed by atoms with van der Waals surface area (Å²) in [5.41, 5.74) is 1.16. The average Bonchev–Trinajstić information content (AvgIpc) is 2.90. The van der Waals surface area contributed by atoms with Gasteiger partial charge in [-0.1, -0.05) is 6.92 Å². The van der Waals surface area contributed by atoms with E-state index in [1.54, 1.807) is 11.3 Å². The normalized spacial score (nSPS) is 18.2. The molecule has 1 nitrogen and oxygen atoms in total. The van der Waals surface area contributed by atoms with Crippen molar-refractivity contribution < 1.29 is 4.79 Å². The van der Waals surface area contributed by atoms with Crippen LogP contribution in [0.1, 0.15) is 39.9 Å². The molecule has 1 heterocycles. The van der Waals surface area contributed by atoms with Crippen molar-refractivity contribution in [1.29, 1.82) is 0 Å². The molecule has 1 atom stereocenters. The van der Waals surface area contributed by atoms with Gasteiger partial charge in [-0.25, -0.2) is 0 Å². The second-order valence-corrected chi connectivity index (χ2v) is 5.62. The van der Waals surface area contributed by atoms with Crippen LogP contribution in [-0.4, -0.2) is 5.78 Å². The lowest BCUT2D eigenvalue weighted by Gasteiger charge is -2.07. The molecule has 1 aliphatic carbocycles. The van der Waals surface area contributed by atoms with E-state index >= 15 is 0 Å². The lowest BCUT2D eigenvalue weighted by atomic mass is 9.98. The molecule has 1 saturated carbocycles. The van der Waals surface area contributed by atoms with Crippen molar-refractivity contribution in [3.8, 4) is 0 Å². The van der Waals surface area contributed by atoms with Crippen LogP contribution in [0.3, 0.4) is 0 Å². The first-order chi connectivity index (χ1) is 6.59. The third-order valence-corrected chi connectivity index (χ3v) is 4.17. The zero-order valence-electron chi connectivity index (χ0n) is 8.96. The summed E-state index contributed by atoms with van der Waals surface area (Å²) in [7, 11) is 0. The van der Waals surface area contributed by atoms with E-state index < -0.39 is 0 Å². The minimum atomic E-state index is 0.242. The van der Waals surface area contributed by atoms with Crippen LogP contribution in [0.5, 0.6) is 0 Å². The number of aryl methyl sites for hydroxylation is 2. The first-order valence-electron chi connectivity index (χ1n) is 5.21. The highest BCUT2D eigenvalue weighted by Crippen LogP contribution is 2.39. The smallest absolute Gasteiger partial charge is 0.176 e. The summed E-state index contributed by atoms with van der Waals surface area (Å²) in [5.74, 6) is 1.28. The molecule has 0 radical (unpaired) electrons. The number of hydrogen-bond donors (Lipinski definition) is 0. The van der Waals surface area contributed by atoms with Crippen molar-refractivity contribution in [1.82, 2.24) is 0 Å². The van der Waals surface area contributed by atoms with Crippen LogP contribution in [-0.2, 0) is 0 Å². The van der Waals surface area contributed by atoms with Crippen LogP contribution in [0.15, 0.2) is 6.07 Å². The highest BCUT2D eigenvalue weighted by molar-refractivity contribution is 7.14. The van der Waals surface area contributed by atoms with Crippen molar-refractivity contribution in [3.63, 3.8) is 0 Å². The highest BCUT2D eigenvalue weighted by Gasteiger charge is 2.33. The fourth-order valence-corrected chi connectivity index (χ4v) is 2.97. The molecule has 0 spiro atoms. The van der Waals surface area contributed by atoms with Crippen molar-refractivity contribution in [2.24, 2.45) is 11.8 Å². The summed E-state index contributed by atoms with van der Waals surface area (Å²) in [5, 5.41) is 0. The fourth-order valence-electron chi connectivity index (χ4n) is 1.90. The third-order valence-electron chi connectivity index (χ3n) is 3.01. The number of carbonyl (C=O) groups excluding carboxylic acids is 1. The van der Waals surface area contributed by atoms with Gasteiger partial charge in [0, 0.05) is 10.8 Å². The van der Waals surface area contributed by atoms with Gasteiger partial charge in [0.2, 0.25) is 0 Å². The Morgan fingerprint density at radius 1 is 1.50 bits per heavy atom. The Balaban J connectivity index is 2.21. The number of thiophene rings is 1. The van der Waals surface area contributed by atoms with Crippen molar-refractivity contribution in [2.75, 3.05) is 0 Å². The largest absolute Gasteiger partial charge is 0.293 e. The standard InChI is InChI=1S/C12H16OS/c1-7-6-8(2)14-12(7)11(13)9(3)10-4-5-10/h6,9-10H,4-5H2,1-3H3. The van der Waals surface area contributed by atoms with E-state index in [4.69, 9.17) is 0 Å². The predicted molar refractivity (Wildman–Crippen MR) is 60.0 cm³/mol. The number of Topliss-reactive ketones (excluding diaryl/α,β-unsaturated/α-hetero) is 1. The second-order valence-electron chi connectivity index (χ2n) is 4.36. The van der Waals surface area contributed by atoms with Gasteiger partial charge in [-0.2, -0.15) is 0 Å². The average molecular weight is 208 g/mol. The Bertz CT molecular complexity index is 360. The number of ketones is 1. The Morgan fingerprint density at radius 2 is 2.14 bits per heavy atom. The summed E-state index contributed by atoms with van der Waals surface area (Å²) in [6, 6.07) is 2.11. The lowest BCUT2D eigenvalue weighted by molar-refractivity contribution is 0.0920. The van der Waals surface area contributed by atoms with Crippen LogP contribution >= 0.6 is 11.3 Å². The molecule has 0 N–H and O–H groups in total. The molecule has 0 aliphatic heterocycles. The van der Waals surface area contributed by atoms with E-state index in [-0.39, 0.29) is 5.92 Å². The third kappa shape index (κ3) is 1.76. The molecule has 1 aromatic heterocycles. The van der Waals surface area contributed by atoms with E-state index in [9.17, 15) is 4.79 Å². The van der Waals surface area contributed by atoms with Crippen LogP contribution < -0.4 is 0 Å². The van der Waals surface area contributed by atoms with Gasteiger partial charge in [-0.05, 0) is 44.2 Å². The predicted octanol–water partition coefficient (Wildman–Crippen LogP) is 3.59. The molecular formula is C12H16OS. The molecule has 0 saturated heterocycles. The molecule has 1 aliphatic rings. The molecule has 2 heteroatoms. The van der Waals surface area contributed by atoms with E-state index in [0.717, 1.165) is 10.4 Å². The minimum absolute atomic E-state index is 0.242. The zero-order chi connectivity index (χ0) is 10.3. The number of rotatable bonds is 3. The van der Waals surface area contributed by atoms with E-state index in [1.165, 1.54) is 17.7 Å². The fraction of sp³-hybridized carbons (Fsp3) is 0.583. The van der Waals surface area contributed by atoms with Gasteiger partial charge in [0.25, 0.3) is 0 Å². The molecule has 2 rings (SSSR count). The topological polar surface area (TPSA) is 17.1 Å². The molecule has 0 bridgehead atoms. The van der Waals surface area contributed by atoms with Gasteiger partial charge in [0.1, 0.15) is 0 Å². The Labute approximate surface area is 89.1 Å². The first kappa shape index (κ1) is 9.91. The second kappa shape index (κ2) is 3.50. The summed E-state index contributed by atoms with van der Waals surface area (Å²) in [4.78, 5) is 14.3. The van der Waals surface area contributed by atoms with E-state index in [1.807, 2.05) is 6.92 Å². The van der Waals surface area contributed by atoms with Crippen molar-refractivity contribution in [2.45, 2.75) is 33.6 Å². The maximum atomic E-state index is 12.1. The van der Waals surface area contributed by atoms with Crippen LogP contribution in [0.4, 0.5) is 0 Å². The van der Waals surface area contributed by atoms with Crippen molar-refractivity contribution >= 4 is 17.1 Å². The van der Waals surface area contributed by atoms with E-state index in [0.29, 0.717) is 11.7 Å². The van der Waals surface area contributed by atoms with Gasteiger partial charge < -0.3 is 0 Å². The minimum Gasteiger partial charge on any atom is -0.293 e. The van der Waals surface area contributed by atoms with Gasteiger partial charge in [-0.15, -0.1) is 11.3 Å². The Morgan fingerprint density at radius 3 is 2.57 bits per heavy atom. The molecular weight excluding hydrogens is 192 g/mol. The van der Waals surface area contributed by atoms with Gasteiger partial charge in [-0.3, -0.25) is 4.79 Å². The Kier molecular flexibility index (Phi) is 2.48.